The maximum Gasteiger partial charge on any atom is 0.320 e. The molecule has 0 saturated heterocycles. The van der Waals surface area contributed by atoms with Crippen molar-refractivity contribution in [1.29, 1.82) is 0 Å². The van der Waals surface area contributed by atoms with Gasteiger partial charge in [-0.25, -0.2) is 0 Å². The van der Waals surface area contributed by atoms with Crippen molar-refractivity contribution in [3.8, 4) is 11.5 Å². The number of carbonyl (C=O) groups is 1. The molecule has 0 aromatic heterocycles. The molecule has 0 spiro atoms. The Labute approximate surface area is 127 Å². The van der Waals surface area contributed by atoms with Crippen LogP contribution in [0, 0.1) is 0 Å². The second kappa shape index (κ2) is 8.11. The van der Waals surface area contributed by atoms with Gasteiger partial charge in [0.25, 0.3) is 0 Å². The van der Waals surface area contributed by atoms with Crippen LogP contribution in [0.5, 0.6) is 11.5 Å². The molecule has 0 radical (unpaired) electrons. The monoisotopic (exact) mass is 345 g/mol. The van der Waals surface area contributed by atoms with Crippen molar-refractivity contribution in [2.24, 2.45) is 0 Å². The minimum atomic E-state index is -0.878. The molecule has 0 amide bonds. The Morgan fingerprint density at radius 1 is 1.30 bits per heavy atom. The number of halogens is 1. The molecule has 1 aromatic rings. The first-order valence-corrected chi connectivity index (χ1v) is 7.33. The van der Waals surface area contributed by atoms with Crippen molar-refractivity contribution in [3.63, 3.8) is 0 Å². The molecule has 0 aliphatic carbocycles. The average Bonchev–Trinajstić information content (AvgIpc) is 2.40. The molecule has 0 fully saturated rings. The topological polar surface area (TPSA) is 67.8 Å². The van der Waals surface area contributed by atoms with Crippen LogP contribution in [0.4, 0.5) is 0 Å². The van der Waals surface area contributed by atoms with E-state index in [1.807, 2.05) is 26.0 Å². The number of aliphatic carboxylic acids is 1. The van der Waals surface area contributed by atoms with E-state index in [1.54, 1.807) is 6.92 Å². The second-order valence-electron chi connectivity index (χ2n) is 4.20. The lowest BCUT2D eigenvalue weighted by Gasteiger charge is -2.15. The van der Waals surface area contributed by atoms with E-state index in [2.05, 4.69) is 21.2 Å². The highest BCUT2D eigenvalue weighted by atomic mass is 79.9. The first-order valence-electron chi connectivity index (χ1n) is 6.53. The maximum atomic E-state index is 10.8. The van der Waals surface area contributed by atoms with Gasteiger partial charge in [0, 0.05) is 11.0 Å². The molecule has 112 valence electrons. The number of benzene rings is 1. The van der Waals surface area contributed by atoms with Gasteiger partial charge in [-0.3, -0.25) is 4.79 Å². The summed E-state index contributed by atoms with van der Waals surface area (Å²) in [7, 11) is 0. The van der Waals surface area contributed by atoms with Crippen LogP contribution in [0.2, 0.25) is 0 Å². The fraction of sp³-hybridized carbons (Fsp3) is 0.500. The Morgan fingerprint density at radius 3 is 2.35 bits per heavy atom. The van der Waals surface area contributed by atoms with Crippen LogP contribution in [0.3, 0.4) is 0 Å². The highest BCUT2D eigenvalue weighted by Gasteiger charge is 2.13. The summed E-state index contributed by atoms with van der Waals surface area (Å²) in [6, 6.07) is 3.10. The lowest BCUT2D eigenvalue weighted by atomic mass is 10.2. The van der Waals surface area contributed by atoms with Gasteiger partial charge in [0.05, 0.1) is 13.2 Å². The zero-order valence-corrected chi connectivity index (χ0v) is 13.5. The largest absolute Gasteiger partial charge is 0.490 e. The molecule has 1 rings (SSSR count). The highest BCUT2D eigenvalue weighted by molar-refractivity contribution is 9.10. The van der Waals surface area contributed by atoms with Crippen molar-refractivity contribution >= 4 is 21.9 Å². The van der Waals surface area contributed by atoms with Crippen LogP contribution in [-0.2, 0) is 11.3 Å². The van der Waals surface area contributed by atoms with Crippen LogP contribution in [0.1, 0.15) is 26.3 Å². The molecule has 5 nitrogen and oxygen atoms in total. The SMILES string of the molecule is CCOc1cc(Br)c(CNC(C)C(=O)O)cc1OCC. The molecule has 1 unspecified atom stereocenters. The van der Waals surface area contributed by atoms with Gasteiger partial charge in [0.2, 0.25) is 0 Å². The predicted molar refractivity (Wildman–Crippen MR) is 80.4 cm³/mol. The molecule has 0 aliphatic rings. The summed E-state index contributed by atoms with van der Waals surface area (Å²) in [5.74, 6) is 0.464. The lowest BCUT2D eigenvalue weighted by molar-refractivity contribution is -0.139. The van der Waals surface area contributed by atoms with Gasteiger partial charge < -0.3 is 19.9 Å². The summed E-state index contributed by atoms with van der Waals surface area (Å²) >= 11 is 3.47. The number of carboxylic acid groups (broad SMARTS) is 1. The second-order valence-corrected chi connectivity index (χ2v) is 5.05. The summed E-state index contributed by atoms with van der Waals surface area (Å²) in [4.78, 5) is 10.8. The van der Waals surface area contributed by atoms with Crippen molar-refractivity contribution < 1.29 is 19.4 Å². The van der Waals surface area contributed by atoms with E-state index < -0.39 is 12.0 Å². The van der Waals surface area contributed by atoms with Gasteiger partial charge in [-0.15, -0.1) is 0 Å². The highest BCUT2D eigenvalue weighted by Crippen LogP contribution is 2.33. The Hall–Kier alpha value is -1.27. The number of carboxylic acids is 1. The Balaban J connectivity index is 2.90. The first kappa shape index (κ1) is 16.8. The third-order valence-corrected chi connectivity index (χ3v) is 3.42. The number of hydrogen-bond donors (Lipinski definition) is 2. The van der Waals surface area contributed by atoms with Gasteiger partial charge in [-0.05, 0) is 38.5 Å². The van der Waals surface area contributed by atoms with E-state index in [9.17, 15) is 4.79 Å². The fourth-order valence-electron chi connectivity index (χ4n) is 1.60. The molecule has 6 heteroatoms. The summed E-state index contributed by atoms with van der Waals surface area (Å²) in [6.07, 6.45) is 0. The van der Waals surface area contributed by atoms with Gasteiger partial charge in [-0.1, -0.05) is 15.9 Å². The van der Waals surface area contributed by atoms with E-state index in [-0.39, 0.29) is 0 Å². The normalized spacial score (nSPS) is 12.0. The number of nitrogens with one attached hydrogen (secondary N) is 1. The number of ether oxygens (including phenoxy) is 2. The predicted octanol–water partition coefficient (Wildman–Crippen LogP) is 2.81. The minimum absolute atomic E-state index is 0.431. The van der Waals surface area contributed by atoms with Crippen LogP contribution >= 0.6 is 15.9 Å². The zero-order chi connectivity index (χ0) is 15.1. The van der Waals surface area contributed by atoms with Crippen LogP contribution in [0.15, 0.2) is 16.6 Å². The van der Waals surface area contributed by atoms with Crippen LogP contribution in [-0.4, -0.2) is 30.3 Å². The van der Waals surface area contributed by atoms with Crippen molar-refractivity contribution in [3.05, 3.63) is 22.2 Å². The fourth-order valence-corrected chi connectivity index (χ4v) is 2.06. The standard InChI is InChI=1S/C14H20BrNO4/c1-4-19-12-6-10(8-16-9(3)14(17)18)11(15)7-13(12)20-5-2/h6-7,9,16H,4-5,8H2,1-3H3,(H,17,18). The lowest BCUT2D eigenvalue weighted by Crippen LogP contribution is -2.33. The van der Waals surface area contributed by atoms with Crippen LogP contribution in [0.25, 0.3) is 0 Å². The van der Waals surface area contributed by atoms with Gasteiger partial charge in [-0.2, -0.15) is 0 Å². The van der Waals surface area contributed by atoms with Crippen molar-refractivity contribution in [2.45, 2.75) is 33.4 Å². The molecular formula is C14H20BrNO4. The van der Waals surface area contributed by atoms with Crippen molar-refractivity contribution in [2.75, 3.05) is 13.2 Å². The third-order valence-electron chi connectivity index (χ3n) is 2.68. The molecule has 1 aromatic carbocycles. The summed E-state index contributed by atoms with van der Waals surface area (Å²) in [6.45, 7) is 6.95. The molecule has 1 atom stereocenters. The Bertz CT molecular complexity index is 465. The van der Waals surface area contributed by atoms with E-state index >= 15 is 0 Å². The average molecular weight is 346 g/mol. The maximum absolute atomic E-state index is 10.8. The smallest absolute Gasteiger partial charge is 0.320 e. The molecule has 0 bridgehead atoms. The molecule has 20 heavy (non-hydrogen) atoms. The van der Waals surface area contributed by atoms with E-state index in [1.165, 1.54) is 0 Å². The van der Waals surface area contributed by atoms with E-state index in [0.29, 0.717) is 31.3 Å². The van der Waals surface area contributed by atoms with Gasteiger partial charge >= 0.3 is 5.97 Å². The Kier molecular flexibility index (Phi) is 6.81. The zero-order valence-electron chi connectivity index (χ0n) is 11.9. The van der Waals surface area contributed by atoms with Crippen LogP contribution < -0.4 is 14.8 Å². The molecule has 2 N–H and O–H groups in total. The third kappa shape index (κ3) is 4.68. The van der Waals surface area contributed by atoms with Gasteiger partial charge in [0.15, 0.2) is 11.5 Å². The molecule has 0 saturated carbocycles. The molecule has 0 heterocycles. The quantitative estimate of drug-likeness (QED) is 0.758. The molecular weight excluding hydrogens is 326 g/mol. The Morgan fingerprint density at radius 2 is 1.85 bits per heavy atom. The van der Waals surface area contributed by atoms with Gasteiger partial charge in [0.1, 0.15) is 6.04 Å². The van der Waals surface area contributed by atoms with E-state index in [0.717, 1.165) is 10.0 Å². The summed E-state index contributed by atoms with van der Waals surface area (Å²) < 4.78 is 11.9. The summed E-state index contributed by atoms with van der Waals surface area (Å²) in [5, 5.41) is 11.8. The molecule has 0 aliphatic heterocycles. The van der Waals surface area contributed by atoms with E-state index in [4.69, 9.17) is 14.6 Å². The summed E-state index contributed by atoms with van der Waals surface area (Å²) in [5.41, 5.74) is 0.921. The van der Waals surface area contributed by atoms with Crippen molar-refractivity contribution in [1.82, 2.24) is 5.32 Å². The number of rotatable bonds is 8. The minimum Gasteiger partial charge on any atom is -0.490 e. The first-order chi connectivity index (χ1) is 9.49. The number of hydrogen-bond acceptors (Lipinski definition) is 4.